The molecule has 1 nitrogen and oxygen atoms in total. The molecule has 20 heavy (non-hydrogen) atoms. The first kappa shape index (κ1) is 13.3. The van der Waals surface area contributed by atoms with Crippen molar-refractivity contribution in [3.63, 3.8) is 0 Å². The van der Waals surface area contributed by atoms with Gasteiger partial charge in [0.15, 0.2) is 0 Å². The number of halogens is 1. The number of nitrogens with one attached hydrogen (secondary N) is 1. The van der Waals surface area contributed by atoms with E-state index in [1.165, 1.54) is 21.9 Å². The van der Waals surface area contributed by atoms with E-state index in [-0.39, 0.29) is 6.04 Å². The highest BCUT2D eigenvalue weighted by Gasteiger charge is 2.14. The Bertz CT molecular complexity index is 731. The molecule has 0 aliphatic rings. The van der Waals surface area contributed by atoms with Crippen molar-refractivity contribution < 1.29 is 0 Å². The van der Waals surface area contributed by atoms with Crippen LogP contribution < -0.4 is 5.32 Å². The van der Waals surface area contributed by atoms with Crippen LogP contribution in [0.2, 0.25) is 0 Å². The average Bonchev–Trinajstić information content (AvgIpc) is 2.48. The van der Waals surface area contributed by atoms with Crippen molar-refractivity contribution in [3.05, 3.63) is 82.3 Å². The Morgan fingerprint density at radius 1 is 0.900 bits per heavy atom. The lowest BCUT2D eigenvalue weighted by molar-refractivity contribution is 0.696. The minimum atomic E-state index is 0.193. The zero-order chi connectivity index (χ0) is 13.9. The zero-order valence-corrected chi connectivity index (χ0v) is 12.9. The lowest BCUT2D eigenvalue weighted by Gasteiger charge is -2.19. The molecular formula is C18H16BrN. The zero-order valence-electron chi connectivity index (χ0n) is 11.3. The molecule has 0 aromatic heterocycles. The van der Waals surface area contributed by atoms with Gasteiger partial charge in [-0.15, -0.1) is 0 Å². The second kappa shape index (κ2) is 5.78. The molecule has 0 bridgehead atoms. The summed E-state index contributed by atoms with van der Waals surface area (Å²) in [6.07, 6.45) is 0. The largest absolute Gasteiger partial charge is 0.309 e. The Labute approximate surface area is 127 Å². The SMILES string of the molecule is CNC(c1cccc(Br)c1)c1cccc2ccccc12. The maximum absolute atomic E-state index is 3.55. The van der Waals surface area contributed by atoms with E-state index in [1.54, 1.807) is 0 Å². The summed E-state index contributed by atoms with van der Waals surface area (Å²) < 4.78 is 1.11. The quantitative estimate of drug-likeness (QED) is 0.721. The summed E-state index contributed by atoms with van der Waals surface area (Å²) in [6, 6.07) is 23.7. The van der Waals surface area contributed by atoms with Crippen molar-refractivity contribution in [3.8, 4) is 0 Å². The summed E-state index contributed by atoms with van der Waals surface area (Å²) in [4.78, 5) is 0. The van der Waals surface area contributed by atoms with Gasteiger partial charge in [-0.1, -0.05) is 70.5 Å². The molecule has 2 heteroatoms. The summed E-state index contributed by atoms with van der Waals surface area (Å²) in [5.41, 5.74) is 2.57. The van der Waals surface area contributed by atoms with Crippen LogP contribution in [-0.2, 0) is 0 Å². The van der Waals surface area contributed by atoms with Crippen LogP contribution in [0, 0.1) is 0 Å². The third kappa shape index (κ3) is 2.49. The van der Waals surface area contributed by atoms with E-state index in [2.05, 4.69) is 88.0 Å². The summed E-state index contributed by atoms with van der Waals surface area (Å²) in [5.74, 6) is 0. The molecule has 0 amide bonds. The monoisotopic (exact) mass is 325 g/mol. The molecule has 100 valence electrons. The molecule has 0 heterocycles. The Morgan fingerprint density at radius 3 is 2.45 bits per heavy atom. The van der Waals surface area contributed by atoms with Gasteiger partial charge in [0.05, 0.1) is 6.04 Å². The van der Waals surface area contributed by atoms with Gasteiger partial charge in [-0.05, 0) is 41.1 Å². The van der Waals surface area contributed by atoms with Gasteiger partial charge in [-0.25, -0.2) is 0 Å². The minimum absolute atomic E-state index is 0.193. The molecular weight excluding hydrogens is 310 g/mol. The highest BCUT2D eigenvalue weighted by atomic mass is 79.9. The van der Waals surface area contributed by atoms with Gasteiger partial charge in [0, 0.05) is 4.47 Å². The van der Waals surface area contributed by atoms with Crippen molar-refractivity contribution in [2.24, 2.45) is 0 Å². The molecule has 0 fully saturated rings. The van der Waals surface area contributed by atoms with Gasteiger partial charge >= 0.3 is 0 Å². The van der Waals surface area contributed by atoms with Gasteiger partial charge in [-0.2, -0.15) is 0 Å². The maximum Gasteiger partial charge on any atom is 0.0580 e. The molecule has 1 atom stereocenters. The fourth-order valence-electron chi connectivity index (χ4n) is 2.69. The van der Waals surface area contributed by atoms with Crippen molar-refractivity contribution in [2.75, 3.05) is 7.05 Å². The van der Waals surface area contributed by atoms with E-state index < -0.39 is 0 Å². The normalized spacial score (nSPS) is 12.5. The van der Waals surface area contributed by atoms with Crippen LogP contribution in [0.3, 0.4) is 0 Å². The third-order valence-corrected chi connectivity index (χ3v) is 4.10. The molecule has 0 saturated heterocycles. The molecule has 1 unspecified atom stereocenters. The Morgan fingerprint density at radius 2 is 1.65 bits per heavy atom. The smallest absolute Gasteiger partial charge is 0.0580 e. The van der Waals surface area contributed by atoms with E-state index in [0.717, 1.165) is 4.47 Å². The van der Waals surface area contributed by atoms with Gasteiger partial charge in [0.1, 0.15) is 0 Å². The average molecular weight is 326 g/mol. The number of hydrogen-bond acceptors (Lipinski definition) is 1. The molecule has 3 rings (SSSR count). The van der Waals surface area contributed by atoms with E-state index in [1.807, 2.05) is 7.05 Å². The Kier molecular flexibility index (Phi) is 3.86. The van der Waals surface area contributed by atoms with Crippen molar-refractivity contribution in [1.29, 1.82) is 0 Å². The number of rotatable bonds is 3. The number of hydrogen-bond donors (Lipinski definition) is 1. The van der Waals surface area contributed by atoms with Crippen LogP contribution >= 0.6 is 15.9 Å². The molecule has 3 aromatic carbocycles. The summed E-state index contributed by atoms with van der Waals surface area (Å²) >= 11 is 3.55. The molecule has 0 saturated carbocycles. The highest BCUT2D eigenvalue weighted by Crippen LogP contribution is 2.29. The van der Waals surface area contributed by atoms with Crippen LogP contribution in [0.4, 0.5) is 0 Å². The van der Waals surface area contributed by atoms with Crippen LogP contribution in [0.1, 0.15) is 17.2 Å². The predicted molar refractivity (Wildman–Crippen MR) is 89.0 cm³/mol. The third-order valence-electron chi connectivity index (χ3n) is 3.61. The van der Waals surface area contributed by atoms with E-state index in [9.17, 15) is 0 Å². The Hall–Kier alpha value is -1.64. The van der Waals surface area contributed by atoms with Crippen LogP contribution in [-0.4, -0.2) is 7.05 Å². The van der Waals surface area contributed by atoms with Gasteiger partial charge < -0.3 is 5.32 Å². The van der Waals surface area contributed by atoms with E-state index in [0.29, 0.717) is 0 Å². The Balaban J connectivity index is 2.17. The van der Waals surface area contributed by atoms with Crippen molar-refractivity contribution in [2.45, 2.75) is 6.04 Å². The fourth-order valence-corrected chi connectivity index (χ4v) is 3.11. The lowest BCUT2D eigenvalue weighted by Crippen LogP contribution is -2.17. The second-order valence-corrected chi connectivity index (χ2v) is 5.76. The first-order valence-electron chi connectivity index (χ1n) is 6.70. The number of fused-ring (bicyclic) bond motifs is 1. The molecule has 1 N–H and O–H groups in total. The second-order valence-electron chi connectivity index (χ2n) is 4.85. The fraction of sp³-hybridized carbons (Fsp3) is 0.111. The van der Waals surface area contributed by atoms with E-state index in [4.69, 9.17) is 0 Å². The van der Waals surface area contributed by atoms with Crippen LogP contribution in [0.15, 0.2) is 71.2 Å². The first-order valence-corrected chi connectivity index (χ1v) is 7.49. The molecule has 3 aromatic rings. The molecule has 0 aliphatic heterocycles. The van der Waals surface area contributed by atoms with Gasteiger partial charge in [-0.3, -0.25) is 0 Å². The lowest BCUT2D eigenvalue weighted by atomic mass is 9.94. The summed E-state index contributed by atoms with van der Waals surface area (Å²) in [6.45, 7) is 0. The molecule has 0 spiro atoms. The summed E-state index contributed by atoms with van der Waals surface area (Å²) in [7, 11) is 2.01. The van der Waals surface area contributed by atoms with Gasteiger partial charge in [0.2, 0.25) is 0 Å². The summed E-state index contributed by atoms with van der Waals surface area (Å²) in [5, 5.41) is 6.01. The number of benzene rings is 3. The van der Waals surface area contributed by atoms with Crippen molar-refractivity contribution >= 4 is 26.7 Å². The predicted octanol–water partition coefficient (Wildman–Crippen LogP) is 4.91. The maximum atomic E-state index is 3.55. The molecule has 0 radical (unpaired) electrons. The van der Waals surface area contributed by atoms with Gasteiger partial charge in [0.25, 0.3) is 0 Å². The first-order chi connectivity index (χ1) is 9.79. The topological polar surface area (TPSA) is 12.0 Å². The van der Waals surface area contributed by atoms with Crippen molar-refractivity contribution in [1.82, 2.24) is 5.32 Å². The highest BCUT2D eigenvalue weighted by molar-refractivity contribution is 9.10. The van der Waals surface area contributed by atoms with Crippen LogP contribution in [0.5, 0.6) is 0 Å². The standard InChI is InChI=1S/C18H16BrN/c1-20-18(14-8-4-9-15(19)12-14)17-11-5-7-13-6-2-3-10-16(13)17/h2-12,18,20H,1H3. The van der Waals surface area contributed by atoms with E-state index >= 15 is 0 Å². The minimum Gasteiger partial charge on any atom is -0.309 e. The molecule has 0 aliphatic carbocycles. The van der Waals surface area contributed by atoms with Crippen LogP contribution in [0.25, 0.3) is 10.8 Å².